The molecule has 0 bridgehead atoms. The zero-order valence-corrected chi connectivity index (χ0v) is 20.9. The summed E-state index contributed by atoms with van der Waals surface area (Å²) < 4.78 is 102. The largest absolute Gasteiger partial charge is 0.457 e. The standard InChI is InChI=1S/C25H17F5N6O3S/c26-17-18(27)20(29)23(21(30)19(17)28)40(37,38)34-10-11-36-25-16(24(31)32-12-33-25)22(35-36)13-6-8-15(9-7-13)39-14-4-2-1-3-5-14/h1-9,12,34H,10-11H2,(H2,31,32,33). The van der Waals surface area contributed by atoms with Crippen molar-refractivity contribution in [3.05, 3.63) is 90.0 Å². The van der Waals surface area contributed by atoms with E-state index in [1.165, 1.54) is 4.68 Å². The number of aromatic nitrogens is 4. The van der Waals surface area contributed by atoms with Crippen molar-refractivity contribution < 1.29 is 35.1 Å². The summed E-state index contributed by atoms with van der Waals surface area (Å²) >= 11 is 0. The molecule has 3 aromatic carbocycles. The maximum Gasteiger partial charge on any atom is 0.246 e. The Morgan fingerprint density at radius 3 is 2.08 bits per heavy atom. The SMILES string of the molecule is Nc1ncnc2c1c(-c1ccc(Oc3ccccc3)cc1)nn2CCNS(=O)(=O)c1c(F)c(F)c(F)c(F)c1F. The van der Waals surface area contributed by atoms with Gasteiger partial charge in [0.15, 0.2) is 33.8 Å². The van der Waals surface area contributed by atoms with E-state index in [1.54, 1.807) is 36.4 Å². The molecule has 0 amide bonds. The predicted octanol–water partition coefficient (Wildman–Crippen LogP) is 4.54. The van der Waals surface area contributed by atoms with Crippen LogP contribution in [-0.2, 0) is 16.6 Å². The third kappa shape index (κ3) is 4.91. The molecule has 0 atom stereocenters. The van der Waals surface area contributed by atoms with Crippen molar-refractivity contribution in [2.45, 2.75) is 11.4 Å². The van der Waals surface area contributed by atoms with Crippen molar-refractivity contribution in [1.29, 1.82) is 0 Å². The second kappa shape index (κ2) is 10.5. The third-order valence-corrected chi connectivity index (χ3v) is 7.20. The van der Waals surface area contributed by atoms with Crippen LogP contribution in [0.2, 0.25) is 0 Å². The highest BCUT2D eigenvalue weighted by Gasteiger charge is 2.33. The molecular formula is C25H17F5N6O3S. The maximum atomic E-state index is 14.0. The first-order chi connectivity index (χ1) is 19.1. The summed E-state index contributed by atoms with van der Waals surface area (Å²) in [6.45, 7) is -0.803. The number of ether oxygens (including phenoxy) is 1. The zero-order valence-electron chi connectivity index (χ0n) is 20.1. The van der Waals surface area contributed by atoms with Gasteiger partial charge in [0, 0.05) is 12.1 Å². The van der Waals surface area contributed by atoms with Crippen LogP contribution in [0.4, 0.5) is 27.8 Å². The lowest BCUT2D eigenvalue weighted by Crippen LogP contribution is -2.30. The lowest BCUT2D eigenvalue weighted by molar-refractivity contribution is 0.357. The summed E-state index contributed by atoms with van der Waals surface area (Å²) in [5, 5.41) is 4.79. The van der Waals surface area contributed by atoms with Gasteiger partial charge in [-0.25, -0.2) is 49.7 Å². The summed E-state index contributed by atoms with van der Waals surface area (Å²) in [5.74, 6) is -10.9. The Morgan fingerprint density at radius 2 is 1.43 bits per heavy atom. The predicted molar refractivity (Wildman–Crippen MR) is 133 cm³/mol. The lowest BCUT2D eigenvalue weighted by Gasteiger charge is -2.10. The summed E-state index contributed by atoms with van der Waals surface area (Å²) in [7, 11) is -5.15. The van der Waals surface area contributed by atoms with Crippen molar-refractivity contribution in [2.24, 2.45) is 0 Å². The molecule has 0 fully saturated rings. The summed E-state index contributed by atoms with van der Waals surface area (Å²) in [5.41, 5.74) is 7.21. The number of rotatable bonds is 8. The number of halogens is 5. The van der Waals surface area contributed by atoms with Gasteiger partial charge in [-0.05, 0) is 36.4 Å². The van der Waals surface area contributed by atoms with Crippen LogP contribution in [0.1, 0.15) is 0 Å². The van der Waals surface area contributed by atoms with Crippen LogP contribution in [0.15, 0.2) is 65.8 Å². The number of benzene rings is 3. The second-order valence-corrected chi connectivity index (χ2v) is 9.97. The van der Waals surface area contributed by atoms with Crippen LogP contribution in [-0.4, -0.2) is 34.7 Å². The van der Waals surface area contributed by atoms with E-state index in [4.69, 9.17) is 10.5 Å². The van der Waals surface area contributed by atoms with Gasteiger partial charge in [0.2, 0.25) is 15.8 Å². The minimum atomic E-state index is -5.15. The second-order valence-electron chi connectivity index (χ2n) is 8.27. The van der Waals surface area contributed by atoms with Crippen molar-refractivity contribution >= 4 is 26.9 Å². The number of nitrogens with two attached hydrogens (primary N) is 1. The third-order valence-electron chi connectivity index (χ3n) is 5.72. The van der Waals surface area contributed by atoms with E-state index in [0.29, 0.717) is 28.1 Å². The molecule has 0 aliphatic carbocycles. The molecule has 0 saturated carbocycles. The van der Waals surface area contributed by atoms with Gasteiger partial charge in [-0.2, -0.15) is 5.10 Å². The number of nitrogens with one attached hydrogen (secondary N) is 1. The number of para-hydroxylation sites is 1. The highest BCUT2D eigenvalue weighted by atomic mass is 32.2. The highest BCUT2D eigenvalue weighted by molar-refractivity contribution is 7.89. The normalized spacial score (nSPS) is 11.7. The van der Waals surface area contributed by atoms with Crippen LogP contribution in [0.3, 0.4) is 0 Å². The van der Waals surface area contributed by atoms with Crippen molar-refractivity contribution in [2.75, 3.05) is 12.3 Å². The Morgan fingerprint density at radius 1 is 0.825 bits per heavy atom. The Bertz CT molecular complexity index is 1810. The molecule has 0 aliphatic rings. The van der Waals surface area contributed by atoms with Gasteiger partial charge in [-0.15, -0.1) is 0 Å². The van der Waals surface area contributed by atoms with Crippen LogP contribution in [0.25, 0.3) is 22.3 Å². The van der Waals surface area contributed by atoms with Crippen molar-refractivity contribution in [1.82, 2.24) is 24.5 Å². The maximum absolute atomic E-state index is 14.0. The summed E-state index contributed by atoms with van der Waals surface area (Å²) in [6.07, 6.45) is 1.16. The van der Waals surface area contributed by atoms with Gasteiger partial charge in [-0.3, -0.25) is 0 Å². The molecule has 15 heteroatoms. The van der Waals surface area contributed by atoms with Crippen molar-refractivity contribution in [3.8, 4) is 22.8 Å². The van der Waals surface area contributed by atoms with Gasteiger partial charge in [0.25, 0.3) is 0 Å². The molecule has 0 spiro atoms. The fourth-order valence-corrected chi connectivity index (χ4v) is 5.03. The quantitative estimate of drug-likeness (QED) is 0.158. The minimum absolute atomic E-state index is 0.0813. The van der Waals surface area contributed by atoms with E-state index in [-0.39, 0.29) is 18.0 Å². The van der Waals surface area contributed by atoms with E-state index in [9.17, 15) is 30.4 Å². The van der Waals surface area contributed by atoms with E-state index in [1.807, 2.05) is 22.9 Å². The summed E-state index contributed by atoms with van der Waals surface area (Å²) in [6, 6.07) is 15.9. The molecule has 5 rings (SSSR count). The number of fused-ring (bicyclic) bond motifs is 1. The molecule has 3 N–H and O–H groups in total. The average Bonchev–Trinajstić information content (AvgIpc) is 3.31. The summed E-state index contributed by atoms with van der Waals surface area (Å²) in [4.78, 5) is 6.13. The van der Waals surface area contributed by atoms with Gasteiger partial charge in [-0.1, -0.05) is 18.2 Å². The van der Waals surface area contributed by atoms with Gasteiger partial charge < -0.3 is 10.5 Å². The molecule has 9 nitrogen and oxygen atoms in total. The first kappa shape index (κ1) is 27.0. The molecule has 40 heavy (non-hydrogen) atoms. The fraction of sp³-hybridized carbons (Fsp3) is 0.0800. The average molecular weight is 577 g/mol. The monoisotopic (exact) mass is 576 g/mol. The molecule has 2 aromatic heterocycles. The van der Waals surface area contributed by atoms with Crippen LogP contribution < -0.4 is 15.2 Å². The molecule has 206 valence electrons. The molecule has 2 heterocycles. The number of sulfonamides is 1. The fourth-order valence-electron chi connectivity index (χ4n) is 3.87. The van der Waals surface area contributed by atoms with Crippen molar-refractivity contribution in [3.63, 3.8) is 0 Å². The van der Waals surface area contributed by atoms with E-state index < -0.39 is 50.5 Å². The van der Waals surface area contributed by atoms with E-state index in [2.05, 4.69) is 15.1 Å². The Labute approximate surface area is 223 Å². The zero-order chi connectivity index (χ0) is 28.6. The molecule has 0 radical (unpaired) electrons. The number of hydrogen-bond donors (Lipinski definition) is 2. The van der Waals surface area contributed by atoms with Gasteiger partial charge in [0.1, 0.15) is 29.3 Å². The van der Waals surface area contributed by atoms with E-state index >= 15 is 0 Å². The van der Waals surface area contributed by atoms with Crippen LogP contribution in [0.5, 0.6) is 11.5 Å². The first-order valence-electron chi connectivity index (χ1n) is 11.4. The molecule has 0 aliphatic heterocycles. The topological polar surface area (TPSA) is 125 Å². The Kier molecular flexibility index (Phi) is 7.08. The minimum Gasteiger partial charge on any atom is -0.457 e. The Hall–Kier alpha value is -4.63. The number of hydrogen-bond acceptors (Lipinski definition) is 7. The number of nitrogen functional groups attached to an aromatic ring is 1. The van der Waals surface area contributed by atoms with Crippen LogP contribution >= 0.6 is 0 Å². The number of nitrogens with zero attached hydrogens (tertiary/aromatic N) is 4. The van der Waals surface area contributed by atoms with Crippen LogP contribution in [0, 0.1) is 29.1 Å². The molecule has 5 aromatic rings. The van der Waals surface area contributed by atoms with E-state index in [0.717, 1.165) is 6.33 Å². The smallest absolute Gasteiger partial charge is 0.246 e. The van der Waals surface area contributed by atoms with Gasteiger partial charge in [0.05, 0.1) is 11.9 Å². The number of anilines is 1. The highest BCUT2D eigenvalue weighted by Crippen LogP contribution is 2.32. The molecule has 0 unspecified atom stereocenters. The molecule has 0 saturated heterocycles. The Balaban J connectivity index is 1.41. The van der Waals surface area contributed by atoms with Gasteiger partial charge >= 0.3 is 0 Å². The first-order valence-corrected chi connectivity index (χ1v) is 12.9. The lowest BCUT2D eigenvalue weighted by atomic mass is 10.1. The molecular weight excluding hydrogens is 559 g/mol.